The van der Waals surface area contributed by atoms with Crippen molar-refractivity contribution < 1.29 is 13.2 Å². The van der Waals surface area contributed by atoms with Crippen LogP contribution in [0.3, 0.4) is 0 Å². The number of ether oxygens (including phenoxy) is 1. The number of hydrogen-bond donors (Lipinski definition) is 0. The summed E-state index contributed by atoms with van der Waals surface area (Å²) in [7, 11) is 0.651. The molecule has 0 amide bonds. The average molecular weight is 338 g/mol. The summed E-state index contributed by atoms with van der Waals surface area (Å²) in [4.78, 5) is 2.50. The van der Waals surface area contributed by atoms with Crippen LogP contribution in [-0.2, 0) is 14.8 Å². The van der Waals surface area contributed by atoms with Crippen LogP contribution in [0.15, 0.2) is 29.2 Å². The highest BCUT2D eigenvalue weighted by Crippen LogP contribution is 2.36. The topological polar surface area (TPSA) is 49.9 Å². The minimum atomic E-state index is -3.41. The third-order valence-corrected chi connectivity index (χ3v) is 6.85. The normalized spacial score (nSPS) is 29.0. The largest absolute Gasteiger partial charge is 0.376 e. The molecule has 1 aromatic carbocycles. The van der Waals surface area contributed by atoms with Crippen molar-refractivity contribution in [2.75, 3.05) is 40.3 Å². The van der Waals surface area contributed by atoms with E-state index < -0.39 is 10.0 Å². The van der Waals surface area contributed by atoms with Gasteiger partial charge in [0.25, 0.3) is 0 Å². The van der Waals surface area contributed by atoms with Gasteiger partial charge in [-0.15, -0.1) is 0 Å². The number of benzene rings is 1. The van der Waals surface area contributed by atoms with E-state index in [9.17, 15) is 8.42 Å². The highest BCUT2D eigenvalue weighted by Gasteiger charge is 2.43. The molecule has 0 N–H and O–H groups in total. The standard InChI is InChI=1S/C17H26N2O3S/c1-13-4-6-15(7-5-13)23(20,21)19-9-8-14-12-22-17(11-18(2)3)16(14)10-19/h4-7,14,16-17H,8-12H2,1-3H3/t14-,16-,17+/m1/s1. The van der Waals surface area contributed by atoms with Crippen LogP contribution >= 0.6 is 0 Å². The molecule has 1 aromatic rings. The molecule has 5 nitrogen and oxygen atoms in total. The summed E-state index contributed by atoms with van der Waals surface area (Å²) in [5.74, 6) is 0.788. The quantitative estimate of drug-likeness (QED) is 0.836. The van der Waals surface area contributed by atoms with Gasteiger partial charge in [0, 0.05) is 25.6 Å². The van der Waals surface area contributed by atoms with E-state index in [1.54, 1.807) is 16.4 Å². The zero-order chi connectivity index (χ0) is 16.6. The summed E-state index contributed by atoms with van der Waals surface area (Å²) < 4.78 is 33.4. The zero-order valence-corrected chi connectivity index (χ0v) is 14.9. The molecule has 6 heteroatoms. The lowest BCUT2D eigenvalue weighted by molar-refractivity contribution is 0.0638. The van der Waals surface area contributed by atoms with E-state index >= 15 is 0 Å². The molecule has 0 unspecified atom stereocenters. The van der Waals surface area contributed by atoms with E-state index in [4.69, 9.17) is 4.74 Å². The molecule has 2 aliphatic rings. The fourth-order valence-electron chi connectivity index (χ4n) is 3.62. The van der Waals surface area contributed by atoms with Crippen molar-refractivity contribution in [2.45, 2.75) is 24.3 Å². The molecule has 0 saturated carbocycles. The number of rotatable bonds is 4. The SMILES string of the molecule is Cc1ccc(S(=O)(=O)N2CC[C@@H]3CO[C@@H](CN(C)C)[C@@H]3C2)cc1. The van der Waals surface area contributed by atoms with Crippen LogP contribution in [0.1, 0.15) is 12.0 Å². The van der Waals surface area contributed by atoms with Gasteiger partial charge in [0.15, 0.2) is 0 Å². The Kier molecular flexibility index (Phi) is 4.78. The molecule has 0 spiro atoms. The summed E-state index contributed by atoms with van der Waals surface area (Å²) in [5, 5.41) is 0. The van der Waals surface area contributed by atoms with Crippen LogP contribution in [-0.4, -0.2) is 64.1 Å². The highest BCUT2D eigenvalue weighted by molar-refractivity contribution is 7.89. The lowest BCUT2D eigenvalue weighted by atomic mass is 9.85. The third kappa shape index (κ3) is 3.45. The van der Waals surface area contributed by atoms with E-state index in [0.29, 0.717) is 29.8 Å². The van der Waals surface area contributed by atoms with Crippen molar-refractivity contribution >= 4 is 10.0 Å². The first-order valence-corrected chi connectivity index (χ1v) is 9.65. The molecule has 2 heterocycles. The summed E-state index contributed by atoms with van der Waals surface area (Å²) in [6.07, 6.45) is 1.02. The number of sulfonamides is 1. The number of aryl methyl sites for hydroxylation is 1. The van der Waals surface area contributed by atoms with Crippen molar-refractivity contribution in [2.24, 2.45) is 11.8 Å². The number of nitrogens with zero attached hydrogens (tertiary/aromatic N) is 2. The van der Waals surface area contributed by atoms with Crippen LogP contribution in [0, 0.1) is 18.8 Å². The predicted molar refractivity (Wildman–Crippen MR) is 89.8 cm³/mol. The molecule has 2 aliphatic heterocycles. The van der Waals surface area contributed by atoms with Gasteiger partial charge in [-0.25, -0.2) is 8.42 Å². The highest BCUT2D eigenvalue weighted by atomic mass is 32.2. The Labute approximate surface area is 139 Å². The fraction of sp³-hybridized carbons (Fsp3) is 0.647. The van der Waals surface area contributed by atoms with Crippen molar-refractivity contribution in [3.8, 4) is 0 Å². The molecule has 2 saturated heterocycles. The second-order valence-corrected chi connectivity index (χ2v) is 8.96. The smallest absolute Gasteiger partial charge is 0.243 e. The predicted octanol–water partition coefficient (Wildman–Crippen LogP) is 1.58. The first-order valence-electron chi connectivity index (χ1n) is 8.21. The van der Waals surface area contributed by atoms with E-state index in [2.05, 4.69) is 4.90 Å². The van der Waals surface area contributed by atoms with Gasteiger partial charge < -0.3 is 9.64 Å². The van der Waals surface area contributed by atoms with Gasteiger partial charge in [-0.1, -0.05) is 17.7 Å². The lowest BCUT2D eigenvalue weighted by Crippen LogP contribution is -2.46. The van der Waals surface area contributed by atoms with Crippen molar-refractivity contribution in [3.05, 3.63) is 29.8 Å². The fourth-order valence-corrected chi connectivity index (χ4v) is 5.12. The van der Waals surface area contributed by atoms with Gasteiger partial charge >= 0.3 is 0 Å². The van der Waals surface area contributed by atoms with Crippen LogP contribution in [0.5, 0.6) is 0 Å². The van der Waals surface area contributed by atoms with Crippen LogP contribution < -0.4 is 0 Å². The first kappa shape index (κ1) is 16.9. The third-order valence-electron chi connectivity index (χ3n) is 4.98. The molecule has 23 heavy (non-hydrogen) atoms. The van der Waals surface area contributed by atoms with Crippen molar-refractivity contribution in [1.82, 2.24) is 9.21 Å². The maximum Gasteiger partial charge on any atom is 0.243 e. The second-order valence-electron chi connectivity index (χ2n) is 7.02. The second kappa shape index (κ2) is 6.51. The minimum Gasteiger partial charge on any atom is -0.376 e. The van der Waals surface area contributed by atoms with E-state index in [-0.39, 0.29) is 6.10 Å². The summed E-state index contributed by atoms with van der Waals surface area (Å²) in [6.45, 7) is 4.74. The number of hydrogen-bond acceptors (Lipinski definition) is 4. The maximum absolute atomic E-state index is 12.9. The van der Waals surface area contributed by atoms with Crippen LogP contribution in [0.2, 0.25) is 0 Å². The molecule has 0 aromatic heterocycles. The van der Waals surface area contributed by atoms with Crippen LogP contribution in [0.4, 0.5) is 0 Å². The average Bonchev–Trinajstić information content (AvgIpc) is 2.89. The van der Waals surface area contributed by atoms with Gasteiger partial charge in [-0.05, 0) is 45.5 Å². The molecular formula is C17H26N2O3S. The Hall–Kier alpha value is -0.950. The van der Waals surface area contributed by atoms with Gasteiger partial charge in [0.05, 0.1) is 17.6 Å². The molecular weight excluding hydrogens is 312 g/mol. The number of fused-ring (bicyclic) bond motifs is 1. The molecule has 3 atom stereocenters. The zero-order valence-electron chi connectivity index (χ0n) is 14.1. The summed E-state index contributed by atoms with van der Waals surface area (Å²) in [6, 6.07) is 7.12. The Morgan fingerprint density at radius 3 is 2.61 bits per heavy atom. The van der Waals surface area contributed by atoms with Gasteiger partial charge in [-0.2, -0.15) is 4.31 Å². The molecule has 128 valence electrons. The Balaban J connectivity index is 1.77. The molecule has 3 rings (SSSR count). The van der Waals surface area contributed by atoms with Gasteiger partial charge in [0.2, 0.25) is 10.0 Å². The number of piperidine rings is 1. The maximum atomic E-state index is 12.9. The number of likely N-dealkylation sites (N-methyl/N-ethyl adjacent to an activating group) is 1. The molecule has 0 radical (unpaired) electrons. The molecule has 0 bridgehead atoms. The summed E-state index contributed by atoms with van der Waals surface area (Å²) >= 11 is 0. The Morgan fingerprint density at radius 1 is 1.26 bits per heavy atom. The first-order chi connectivity index (χ1) is 10.9. The summed E-state index contributed by atoms with van der Waals surface area (Å²) in [5.41, 5.74) is 1.07. The monoisotopic (exact) mass is 338 g/mol. The van der Waals surface area contributed by atoms with E-state index in [1.165, 1.54) is 0 Å². The van der Waals surface area contributed by atoms with E-state index in [1.807, 2.05) is 33.2 Å². The van der Waals surface area contributed by atoms with Gasteiger partial charge in [-0.3, -0.25) is 0 Å². The van der Waals surface area contributed by atoms with Crippen LogP contribution in [0.25, 0.3) is 0 Å². The van der Waals surface area contributed by atoms with Crippen molar-refractivity contribution in [1.29, 1.82) is 0 Å². The van der Waals surface area contributed by atoms with E-state index in [0.717, 1.165) is 25.1 Å². The minimum absolute atomic E-state index is 0.131. The lowest BCUT2D eigenvalue weighted by Gasteiger charge is -2.35. The van der Waals surface area contributed by atoms with Gasteiger partial charge in [0.1, 0.15) is 0 Å². The molecule has 0 aliphatic carbocycles. The Bertz CT molecular complexity index is 642. The Morgan fingerprint density at radius 2 is 1.96 bits per heavy atom. The molecule has 2 fully saturated rings. The van der Waals surface area contributed by atoms with Crippen molar-refractivity contribution in [3.63, 3.8) is 0 Å².